The molecule has 33 heavy (non-hydrogen) atoms. The van der Waals surface area contributed by atoms with Crippen LogP contribution in [0.3, 0.4) is 0 Å². The molecule has 0 spiro atoms. The van der Waals surface area contributed by atoms with Gasteiger partial charge in [0.1, 0.15) is 18.1 Å². The zero-order chi connectivity index (χ0) is 24.0. The lowest BCUT2D eigenvalue weighted by atomic mass is 10.0. The van der Waals surface area contributed by atoms with Crippen LogP contribution in [-0.4, -0.2) is 69.8 Å². The van der Waals surface area contributed by atoms with Gasteiger partial charge in [-0.3, -0.25) is 9.59 Å². The Bertz CT molecular complexity index is 963. The molecule has 0 aliphatic carbocycles. The molecule has 1 aliphatic heterocycles. The van der Waals surface area contributed by atoms with E-state index in [-0.39, 0.29) is 29.9 Å². The monoisotopic (exact) mass is 455 g/mol. The van der Waals surface area contributed by atoms with E-state index in [1.807, 2.05) is 6.92 Å². The molecule has 0 unspecified atom stereocenters. The number of rotatable bonds is 4. The van der Waals surface area contributed by atoms with E-state index in [2.05, 4.69) is 17.6 Å². The molecule has 3 atom stereocenters. The van der Waals surface area contributed by atoms with Gasteiger partial charge in [-0.15, -0.1) is 0 Å². The normalized spacial score (nSPS) is 21.8. The van der Waals surface area contributed by atoms with Crippen molar-refractivity contribution in [1.29, 1.82) is 0 Å². The number of anilines is 1. The van der Waals surface area contributed by atoms with Crippen molar-refractivity contribution in [1.82, 2.24) is 10.2 Å². The molecule has 3 rings (SSSR count). The molecular formula is C25H33N3O5. The Morgan fingerprint density at radius 1 is 1.15 bits per heavy atom. The lowest BCUT2D eigenvalue weighted by Crippen LogP contribution is -2.44. The van der Waals surface area contributed by atoms with E-state index >= 15 is 0 Å². The van der Waals surface area contributed by atoms with Gasteiger partial charge in [0.05, 0.1) is 18.8 Å². The maximum absolute atomic E-state index is 13.3. The molecule has 0 saturated heterocycles. The van der Waals surface area contributed by atoms with Gasteiger partial charge < -0.3 is 29.7 Å². The molecule has 8 nitrogen and oxygen atoms in total. The fourth-order valence-electron chi connectivity index (χ4n) is 3.68. The molecule has 0 radical (unpaired) electrons. The van der Waals surface area contributed by atoms with Crippen LogP contribution in [0.15, 0.2) is 42.5 Å². The van der Waals surface area contributed by atoms with E-state index in [0.29, 0.717) is 41.5 Å². The second-order valence-corrected chi connectivity index (χ2v) is 8.45. The van der Waals surface area contributed by atoms with Gasteiger partial charge in [0.25, 0.3) is 11.8 Å². The van der Waals surface area contributed by atoms with Crippen molar-refractivity contribution in [2.75, 3.05) is 46.3 Å². The first-order chi connectivity index (χ1) is 15.8. The number of ether oxygens (including phenoxy) is 3. The Morgan fingerprint density at radius 2 is 1.88 bits per heavy atom. The summed E-state index contributed by atoms with van der Waals surface area (Å²) in [6.07, 6.45) is -0.111. The number of likely N-dealkylation sites (N-methyl/N-ethyl adjacent to an activating group) is 1. The van der Waals surface area contributed by atoms with Crippen LogP contribution in [0.25, 0.3) is 0 Å². The van der Waals surface area contributed by atoms with E-state index in [1.165, 1.54) is 0 Å². The van der Waals surface area contributed by atoms with Gasteiger partial charge in [-0.05, 0) is 55.3 Å². The first-order valence-corrected chi connectivity index (χ1v) is 11.1. The topological polar surface area (TPSA) is 89.1 Å². The number of amides is 2. The minimum atomic E-state index is -0.279. The van der Waals surface area contributed by atoms with E-state index in [4.69, 9.17) is 14.2 Å². The Balaban J connectivity index is 1.86. The summed E-state index contributed by atoms with van der Waals surface area (Å²) in [5.74, 6) is 0.885. The number of carbonyl (C=O) groups excluding carboxylic acids is 2. The molecule has 1 heterocycles. The highest BCUT2D eigenvalue weighted by Gasteiger charge is 2.25. The van der Waals surface area contributed by atoms with Gasteiger partial charge in [-0.1, -0.05) is 6.92 Å². The standard InChI is InChI=1S/C25H33N3O5/c1-16-13-26-17(2)15-33-22-11-8-19(12-21(22)25(30)28(3)14-23(16)32-5)27-24(29)18-6-9-20(31-4)10-7-18/h6-12,16-17,23,26H,13-15H2,1-5H3,(H,27,29)/t16-,17+,23-/m0/s1. The third-order valence-corrected chi connectivity index (χ3v) is 5.84. The van der Waals surface area contributed by atoms with Gasteiger partial charge in [-0.25, -0.2) is 0 Å². The summed E-state index contributed by atoms with van der Waals surface area (Å²) in [5.41, 5.74) is 1.38. The van der Waals surface area contributed by atoms with E-state index in [0.717, 1.165) is 6.54 Å². The number of fused-ring (bicyclic) bond motifs is 1. The zero-order valence-corrected chi connectivity index (χ0v) is 19.9. The van der Waals surface area contributed by atoms with Crippen LogP contribution in [0.1, 0.15) is 34.6 Å². The minimum absolute atomic E-state index is 0.0968. The van der Waals surface area contributed by atoms with Crippen molar-refractivity contribution in [3.63, 3.8) is 0 Å². The Kier molecular flexibility index (Phi) is 8.30. The number of hydrogen-bond donors (Lipinski definition) is 2. The third-order valence-electron chi connectivity index (χ3n) is 5.84. The maximum Gasteiger partial charge on any atom is 0.257 e. The van der Waals surface area contributed by atoms with Gasteiger partial charge in [-0.2, -0.15) is 0 Å². The molecule has 0 saturated carbocycles. The SMILES string of the molecule is COc1ccc(C(=O)Nc2ccc3c(c2)C(=O)N(C)C[C@H](OC)[C@@H](C)CN[C@H](C)CO3)cc1. The number of nitrogens with zero attached hydrogens (tertiary/aromatic N) is 1. The molecule has 2 aromatic carbocycles. The Labute approximate surface area is 195 Å². The highest BCUT2D eigenvalue weighted by molar-refractivity contribution is 6.05. The molecule has 0 aromatic heterocycles. The molecule has 2 aromatic rings. The lowest BCUT2D eigenvalue weighted by molar-refractivity contribution is 0.0281. The van der Waals surface area contributed by atoms with Crippen LogP contribution in [0, 0.1) is 5.92 Å². The number of methoxy groups -OCH3 is 2. The lowest BCUT2D eigenvalue weighted by Gasteiger charge is -2.30. The molecule has 0 bridgehead atoms. The van der Waals surface area contributed by atoms with E-state index < -0.39 is 0 Å². The average Bonchev–Trinajstić information content (AvgIpc) is 2.83. The van der Waals surface area contributed by atoms with Crippen LogP contribution in [-0.2, 0) is 4.74 Å². The summed E-state index contributed by atoms with van der Waals surface area (Å²) in [7, 11) is 4.98. The molecule has 178 valence electrons. The van der Waals surface area contributed by atoms with Crippen LogP contribution < -0.4 is 20.1 Å². The van der Waals surface area contributed by atoms with Crippen molar-refractivity contribution in [3.8, 4) is 11.5 Å². The fraction of sp³-hybridized carbons (Fsp3) is 0.440. The van der Waals surface area contributed by atoms with Gasteiger partial charge in [0.2, 0.25) is 0 Å². The highest BCUT2D eigenvalue weighted by atomic mass is 16.5. The molecule has 8 heteroatoms. The van der Waals surface area contributed by atoms with Crippen molar-refractivity contribution in [2.45, 2.75) is 26.0 Å². The van der Waals surface area contributed by atoms with Crippen LogP contribution in [0.4, 0.5) is 5.69 Å². The average molecular weight is 456 g/mol. The summed E-state index contributed by atoms with van der Waals surface area (Å²) in [5, 5.41) is 6.32. The third kappa shape index (κ3) is 6.24. The molecule has 2 amide bonds. The maximum atomic E-state index is 13.3. The van der Waals surface area contributed by atoms with Crippen molar-refractivity contribution in [2.24, 2.45) is 5.92 Å². The largest absolute Gasteiger partial charge is 0.497 e. The van der Waals surface area contributed by atoms with Gasteiger partial charge in [0, 0.05) is 44.5 Å². The number of benzene rings is 2. The number of nitrogens with one attached hydrogen (secondary N) is 2. The number of carbonyl (C=O) groups is 2. The summed E-state index contributed by atoms with van der Waals surface area (Å²) in [6.45, 7) is 5.74. The quantitative estimate of drug-likeness (QED) is 0.737. The van der Waals surface area contributed by atoms with Crippen LogP contribution in [0.5, 0.6) is 11.5 Å². The van der Waals surface area contributed by atoms with Crippen molar-refractivity contribution >= 4 is 17.5 Å². The van der Waals surface area contributed by atoms with Crippen LogP contribution in [0.2, 0.25) is 0 Å². The summed E-state index contributed by atoms with van der Waals surface area (Å²) < 4.78 is 16.8. The van der Waals surface area contributed by atoms with Crippen molar-refractivity contribution < 1.29 is 23.8 Å². The second-order valence-electron chi connectivity index (χ2n) is 8.45. The first-order valence-electron chi connectivity index (χ1n) is 11.1. The smallest absolute Gasteiger partial charge is 0.257 e. The number of hydrogen-bond acceptors (Lipinski definition) is 6. The molecular weight excluding hydrogens is 422 g/mol. The minimum Gasteiger partial charge on any atom is -0.497 e. The molecule has 0 fully saturated rings. The summed E-state index contributed by atoms with van der Waals surface area (Å²) in [6, 6.07) is 12.0. The van der Waals surface area contributed by atoms with Gasteiger partial charge in [0.15, 0.2) is 0 Å². The van der Waals surface area contributed by atoms with Crippen LogP contribution >= 0.6 is 0 Å². The first kappa shape index (κ1) is 24.5. The van der Waals surface area contributed by atoms with Crippen molar-refractivity contribution in [3.05, 3.63) is 53.6 Å². The van der Waals surface area contributed by atoms with E-state index in [1.54, 1.807) is 68.6 Å². The van der Waals surface area contributed by atoms with E-state index in [9.17, 15) is 9.59 Å². The zero-order valence-electron chi connectivity index (χ0n) is 19.9. The molecule has 2 N–H and O–H groups in total. The molecule has 1 aliphatic rings. The highest BCUT2D eigenvalue weighted by Crippen LogP contribution is 2.26. The van der Waals surface area contributed by atoms with Gasteiger partial charge >= 0.3 is 0 Å². The predicted octanol–water partition coefficient (Wildman–Crippen LogP) is 3.04. The summed E-state index contributed by atoms with van der Waals surface area (Å²) in [4.78, 5) is 27.7. The Hall–Kier alpha value is -3.10. The second kappa shape index (κ2) is 11.2. The predicted molar refractivity (Wildman–Crippen MR) is 127 cm³/mol. The fourth-order valence-corrected chi connectivity index (χ4v) is 3.68. The Morgan fingerprint density at radius 3 is 2.55 bits per heavy atom. The summed E-state index contributed by atoms with van der Waals surface area (Å²) >= 11 is 0.